The van der Waals surface area contributed by atoms with Crippen molar-refractivity contribution in [3.05, 3.63) is 122 Å². The van der Waals surface area contributed by atoms with Gasteiger partial charge in [-0.25, -0.2) is 0 Å². The first-order chi connectivity index (χ1) is 30.1. The predicted molar refractivity (Wildman–Crippen MR) is 258 cm³/mol. The summed E-state index contributed by atoms with van der Waals surface area (Å²) in [4.78, 5) is 37.0. The number of ether oxygens (including phenoxy) is 3. The Labute approximate surface area is 378 Å². The van der Waals surface area contributed by atoms with Gasteiger partial charge in [0.2, 0.25) is 0 Å². The van der Waals surface area contributed by atoms with Gasteiger partial charge in [0.15, 0.2) is 6.10 Å². The Morgan fingerprint density at radius 1 is 0.484 bits per heavy atom. The third-order valence-corrected chi connectivity index (χ3v) is 9.59. The summed E-state index contributed by atoms with van der Waals surface area (Å²) in [7, 11) is 5.37. The van der Waals surface area contributed by atoms with E-state index in [1.165, 1.54) is 0 Å². The molecule has 8 heteroatoms. The summed E-state index contributed by atoms with van der Waals surface area (Å²) in [5, 5.41) is 11.6. The first-order valence-corrected chi connectivity index (χ1v) is 23.6. The van der Waals surface area contributed by atoms with E-state index in [-0.39, 0.29) is 49.1 Å². The van der Waals surface area contributed by atoms with E-state index in [9.17, 15) is 19.5 Å². The molecular weight excluding hydrogens is 775 g/mol. The Kier molecular flexibility index (Phi) is 40.4. The molecule has 0 aromatic heterocycles. The van der Waals surface area contributed by atoms with Gasteiger partial charge in [0.1, 0.15) is 12.6 Å². The monoisotopic (exact) mass is 860 g/mol. The van der Waals surface area contributed by atoms with Crippen molar-refractivity contribution in [1.82, 2.24) is 0 Å². The van der Waals surface area contributed by atoms with Gasteiger partial charge in [-0.15, -0.1) is 0 Å². The van der Waals surface area contributed by atoms with E-state index in [1.807, 2.05) is 0 Å². The van der Waals surface area contributed by atoms with Gasteiger partial charge in [0, 0.05) is 19.3 Å². The third kappa shape index (κ3) is 41.1. The fraction of sp³-hybridized carbons (Fsp3) is 0.574. The molecule has 0 heterocycles. The molecule has 62 heavy (non-hydrogen) atoms. The second kappa shape index (κ2) is 43.4. The molecule has 348 valence electrons. The van der Waals surface area contributed by atoms with E-state index >= 15 is 0 Å². The molecule has 0 aromatic rings. The first-order valence-electron chi connectivity index (χ1n) is 23.6. The standard InChI is InChI=1S/C54H85NO7/c1-6-8-10-12-14-16-18-20-22-24-26-28-30-32-34-36-38-40-42-44-52(56)61-49-50(48-60-47-46-51(54(58)59)55(3,4)5)62-53(57)45-43-41-39-37-35-33-31-29-27-25-23-21-19-17-15-13-11-9-7-2/h8-11,14-17,20-23,26-29,32-35,50-51H,6-7,12-13,18-19,24-25,30-31,36-49H2,1-5H3/b10-8+,11-9+,16-14+,17-15+,22-20+,23-21+,28-26+,29-27+,34-32+,35-33+. The van der Waals surface area contributed by atoms with Gasteiger partial charge in [-0.05, 0) is 103 Å². The van der Waals surface area contributed by atoms with Crippen LogP contribution in [0.4, 0.5) is 0 Å². The number of allylic oxidation sites excluding steroid dienone is 20. The molecule has 0 fully saturated rings. The highest BCUT2D eigenvalue weighted by Gasteiger charge is 2.25. The summed E-state index contributed by atoms with van der Waals surface area (Å²) in [6.07, 6.45) is 60.8. The SMILES string of the molecule is CC/C=C/C/C=C/C/C=C/C/C=C/C/C=C/CCCCCC(=O)OCC(COCCC(C(=O)[O-])[N+](C)(C)C)OC(=O)CCCCC/C=C/C/C=C/C/C=C/C/C=C/C/C=C/CC. The highest BCUT2D eigenvalue weighted by atomic mass is 16.6. The lowest BCUT2D eigenvalue weighted by molar-refractivity contribution is -0.889. The fourth-order valence-electron chi connectivity index (χ4n) is 6.00. The van der Waals surface area contributed by atoms with Crippen molar-refractivity contribution in [3.8, 4) is 0 Å². The molecule has 0 aliphatic heterocycles. The number of aliphatic carboxylic acids is 1. The molecule has 8 nitrogen and oxygen atoms in total. The van der Waals surface area contributed by atoms with Crippen LogP contribution in [0.25, 0.3) is 0 Å². The zero-order valence-electron chi connectivity index (χ0n) is 39.5. The Morgan fingerprint density at radius 3 is 1.23 bits per heavy atom. The Hall–Kier alpha value is -4.27. The number of rotatable bonds is 40. The minimum absolute atomic E-state index is 0.00719. The van der Waals surface area contributed by atoms with Crippen molar-refractivity contribution in [2.45, 2.75) is 161 Å². The van der Waals surface area contributed by atoms with Crippen molar-refractivity contribution in [2.24, 2.45) is 0 Å². The van der Waals surface area contributed by atoms with Crippen LogP contribution >= 0.6 is 0 Å². The highest BCUT2D eigenvalue weighted by molar-refractivity contribution is 5.70. The smallest absolute Gasteiger partial charge is 0.306 e. The number of hydrogen-bond donors (Lipinski definition) is 0. The molecule has 0 saturated carbocycles. The van der Waals surface area contributed by atoms with E-state index in [0.717, 1.165) is 109 Å². The Bertz CT molecular complexity index is 1420. The number of carboxylic acid groups (broad SMARTS) is 1. The summed E-state index contributed by atoms with van der Waals surface area (Å²) >= 11 is 0. The van der Waals surface area contributed by atoms with Gasteiger partial charge in [-0.3, -0.25) is 9.59 Å². The normalized spacial score (nSPS) is 14.0. The largest absolute Gasteiger partial charge is 0.544 e. The molecule has 0 amide bonds. The molecule has 0 bridgehead atoms. The van der Waals surface area contributed by atoms with Crippen LogP contribution in [0.3, 0.4) is 0 Å². The number of hydrogen-bond acceptors (Lipinski definition) is 7. The maximum absolute atomic E-state index is 12.7. The summed E-state index contributed by atoms with van der Waals surface area (Å²) < 4.78 is 17.1. The second-order valence-corrected chi connectivity index (χ2v) is 16.2. The van der Waals surface area contributed by atoms with Crippen LogP contribution in [0.15, 0.2) is 122 Å². The van der Waals surface area contributed by atoms with E-state index < -0.39 is 18.1 Å². The minimum Gasteiger partial charge on any atom is -0.544 e. The number of nitrogens with zero attached hydrogens (tertiary/aromatic N) is 1. The zero-order valence-corrected chi connectivity index (χ0v) is 39.5. The van der Waals surface area contributed by atoms with Crippen LogP contribution in [-0.2, 0) is 28.6 Å². The highest BCUT2D eigenvalue weighted by Crippen LogP contribution is 2.11. The number of carboxylic acids is 1. The first kappa shape index (κ1) is 57.7. The average molecular weight is 860 g/mol. The summed E-state index contributed by atoms with van der Waals surface area (Å²) in [5.41, 5.74) is 0. The molecular formula is C54H85NO7. The average Bonchev–Trinajstić information content (AvgIpc) is 3.23. The molecule has 0 saturated heterocycles. The maximum Gasteiger partial charge on any atom is 0.306 e. The lowest BCUT2D eigenvalue weighted by atomic mass is 10.1. The minimum atomic E-state index is -1.14. The topological polar surface area (TPSA) is 102 Å². The quantitative estimate of drug-likeness (QED) is 0.0262. The van der Waals surface area contributed by atoms with Gasteiger partial charge in [-0.1, -0.05) is 148 Å². The number of carbonyl (C=O) groups is 3. The molecule has 0 aliphatic rings. The zero-order chi connectivity index (χ0) is 45.6. The molecule has 2 atom stereocenters. The van der Waals surface area contributed by atoms with Gasteiger partial charge < -0.3 is 28.6 Å². The van der Waals surface area contributed by atoms with Crippen LogP contribution in [0.1, 0.15) is 149 Å². The number of carbonyl (C=O) groups excluding carboxylic acids is 3. The molecule has 0 radical (unpaired) electrons. The second-order valence-electron chi connectivity index (χ2n) is 16.2. The van der Waals surface area contributed by atoms with E-state index in [2.05, 4.69) is 135 Å². The Balaban J connectivity index is 4.47. The Morgan fingerprint density at radius 2 is 0.855 bits per heavy atom. The van der Waals surface area contributed by atoms with Crippen molar-refractivity contribution in [2.75, 3.05) is 41.0 Å². The van der Waals surface area contributed by atoms with Gasteiger partial charge >= 0.3 is 11.9 Å². The van der Waals surface area contributed by atoms with Crippen LogP contribution in [0, 0.1) is 0 Å². The molecule has 0 N–H and O–H groups in total. The van der Waals surface area contributed by atoms with Crippen molar-refractivity contribution in [1.29, 1.82) is 0 Å². The number of quaternary nitrogens is 1. The molecule has 2 unspecified atom stereocenters. The van der Waals surface area contributed by atoms with Gasteiger partial charge in [0.25, 0.3) is 0 Å². The van der Waals surface area contributed by atoms with Crippen LogP contribution < -0.4 is 5.11 Å². The fourth-order valence-corrected chi connectivity index (χ4v) is 6.00. The van der Waals surface area contributed by atoms with Crippen LogP contribution in [0.2, 0.25) is 0 Å². The maximum atomic E-state index is 12.7. The number of esters is 2. The summed E-state index contributed by atoms with van der Waals surface area (Å²) in [6, 6.07) is -0.746. The third-order valence-electron chi connectivity index (χ3n) is 9.59. The number of likely N-dealkylation sites (N-methyl/N-ethyl adjacent to an activating group) is 1. The lowest BCUT2D eigenvalue weighted by Crippen LogP contribution is -2.55. The van der Waals surface area contributed by atoms with Crippen LogP contribution in [0.5, 0.6) is 0 Å². The van der Waals surface area contributed by atoms with Crippen molar-refractivity contribution in [3.63, 3.8) is 0 Å². The summed E-state index contributed by atoms with van der Waals surface area (Å²) in [5.74, 6) is -1.84. The lowest BCUT2D eigenvalue weighted by Gasteiger charge is -2.34. The van der Waals surface area contributed by atoms with E-state index in [0.29, 0.717) is 12.8 Å². The molecule has 0 aromatic carbocycles. The van der Waals surface area contributed by atoms with E-state index in [4.69, 9.17) is 14.2 Å². The summed E-state index contributed by atoms with van der Waals surface area (Å²) in [6.45, 7) is 4.34. The van der Waals surface area contributed by atoms with Crippen molar-refractivity contribution >= 4 is 17.9 Å². The molecule has 0 rings (SSSR count). The van der Waals surface area contributed by atoms with E-state index in [1.54, 1.807) is 21.1 Å². The predicted octanol–water partition coefficient (Wildman–Crippen LogP) is 12.1. The van der Waals surface area contributed by atoms with Crippen LogP contribution in [-0.4, -0.2) is 75.5 Å². The van der Waals surface area contributed by atoms with Crippen molar-refractivity contribution < 1.29 is 38.2 Å². The molecule has 0 aliphatic carbocycles. The number of unbranched alkanes of at least 4 members (excludes halogenated alkanes) is 6. The molecule has 0 spiro atoms. The van der Waals surface area contributed by atoms with Gasteiger partial charge in [-0.2, -0.15) is 0 Å². The van der Waals surface area contributed by atoms with Gasteiger partial charge in [0.05, 0.1) is 40.3 Å².